The van der Waals surface area contributed by atoms with Crippen LogP contribution in [0.5, 0.6) is 0 Å². The number of carbonyl (C=O) groups excluding carboxylic acids is 1. The molecular weight excluding hydrogens is 300 g/mol. The molecule has 1 N–H and O–H groups in total. The SMILES string of the molecule is O=C(NCc1cc(-c2ccc3ccccc3c2)on1)C1CCCC1. The van der Waals surface area contributed by atoms with E-state index in [0.717, 1.165) is 42.7 Å². The minimum atomic E-state index is 0.141. The van der Waals surface area contributed by atoms with Crippen molar-refractivity contribution in [3.63, 3.8) is 0 Å². The van der Waals surface area contributed by atoms with Gasteiger partial charge < -0.3 is 9.84 Å². The third-order valence-corrected chi connectivity index (χ3v) is 4.76. The van der Waals surface area contributed by atoms with Crippen molar-refractivity contribution in [3.05, 3.63) is 54.2 Å². The Hall–Kier alpha value is -2.62. The Morgan fingerprint density at radius 2 is 1.88 bits per heavy atom. The molecule has 4 heteroatoms. The summed E-state index contributed by atoms with van der Waals surface area (Å²) in [7, 11) is 0. The molecule has 4 nitrogen and oxygen atoms in total. The standard InChI is InChI=1S/C20H20N2O2/c23-20(15-6-2-3-7-15)21-13-18-12-19(24-22-18)17-10-9-14-5-1-4-8-16(14)11-17/h1,4-5,8-12,15H,2-3,6-7,13H2,(H,21,23). The minimum Gasteiger partial charge on any atom is -0.356 e. The quantitative estimate of drug-likeness (QED) is 0.779. The number of hydrogen-bond donors (Lipinski definition) is 1. The van der Waals surface area contributed by atoms with Gasteiger partial charge in [-0.25, -0.2) is 0 Å². The molecule has 0 atom stereocenters. The largest absolute Gasteiger partial charge is 0.356 e. The molecular formula is C20H20N2O2. The minimum absolute atomic E-state index is 0.141. The summed E-state index contributed by atoms with van der Waals surface area (Å²) in [5.41, 5.74) is 1.75. The lowest BCUT2D eigenvalue weighted by molar-refractivity contribution is -0.125. The molecule has 122 valence electrons. The zero-order chi connectivity index (χ0) is 16.4. The van der Waals surface area contributed by atoms with E-state index in [1.54, 1.807) is 0 Å². The van der Waals surface area contributed by atoms with Gasteiger partial charge in [0.15, 0.2) is 5.76 Å². The van der Waals surface area contributed by atoms with E-state index >= 15 is 0 Å². The Morgan fingerprint density at radius 1 is 1.08 bits per heavy atom. The normalized spacial score (nSPS) is 15.0. The number of fused-ring (bicyclic) bond motifs is 1. The van der Waals surface area contributed by atoms with Crippen LogP contribution < -0.4 is 5.32 Å². The van der Waals surface area contributed by atoms with Gasteiger partial charge in [0.2, 0.25) is 5.91 Å². The maximum atomic E-state index is 12.1. The first-order chi connectivity index (χ1) is 11.8. The Morgan fingerprint density at radius 3 is 2.71 bits per heavy atom. The number of nitrogens with one attached hydrogen (secondary N) is 1. The molecule has 0 spiro atoms. The van der Waals surface area contributed by atoms with E-state index in [1.165, 1.54) is 10.8 Å². The smallest absolute Gasteiger partial charge is 0.223 e. The summed E-state index contributed by atoms with van der Waals surface area (Å²) >= 11 is 0. The van der Waals surface area contributed by atoms with E-state index in [0.29, 0.717) is 6.54 Å². The van der Waals surface area contributed by atoms with E-state index in [1.807, 2.05) is 24.3 Å². The zero-order valence-electron chi connectivity index (χ0n) is 13.5. The van der Waals surface area contributed by atoms with Crippen molar-refractivity contribution < 1.29 is 9.32 Å². The highest BCUT2D eigenvalue weighted by Gasteiger charge is 2.22. The van der Waals surface area contributed by atoms with Crippen LogP contribution in [0, 0.1) is 5.92 Å². The van der Waals surface area contributed by atoms with Crippen LogP contribution in [-0.4, -0.2) is 11.1 Å². The Bertz CT molecular complexity index is 863. The highest BCUT2D eigenvalue weighted by atomic mass is 16.5. The number of benzene rings is 2. The fourth-order valence-electron chi connectivity index (χ4n) is 3.38. The number of carbonyl (C=O) groups is 1. The van der Waals surface area contributed by atoms with Gasteiger partial charge in [0.1, 0.15) is 5.69 Å². The summed E-state index contributed by atoms with van der Waals surface area (Å²) < 4.78 is 5.46. The van der Waals surface area contributed by atoms with Crippen molar-refractivity contribution in [1.29, 1.82) is 0 Å². The van der Waals surface area contributed by atoms with Crippen LogP contribution in [0.15, 0.2) is 53.1 Å². The van der Waals surface area contributed by atoms with Crippen LogP contribution in [0.4, 0.5) is 0 Å². The molecule has 1 aliphatic rings. The van der Waals surface area contributed by atoms with Gasteiger partial charge in [-0.15, -0.1) is 0 Å². The molecule has 1 aliphatic carbocycles. The predicted octanol–water partition coefficient (Wildman–Crippen LogP) is 4.30. The average Bonchev–Trinajstić information content (AvgIpc) is 3.31. The third-order valence-electron chi connectivity index (χ3n) is 4.76. The lowest BCUT2D eigenvalue weighted by Crippen LogP contribution is -2.28. The molecule has 3 aromatic rings. The summed E-state index contributed by atoms with van der Waals surface area (Å²) in [5, 5.41) is 9.42. The molecule has 0 unspecified atom stereocenters. The van der Waals surface area contributed by atoms with Crippen LogP contribution in [0.25, 0.3) is 22.1 Å². The molecule has 24 heavy (non-hydrogen) atoms. The zero-order valence-corrected chi connectivity index (χ0v) is 13.5. The lowest BCUT2D eigenvalue weighted by Gasteiger charge is -2.08. The predicted molar refractivity (Wildman–Crippen MR) is 93.2 cm³/mol. The first kappa shape index (κ1) is 14.9. The second-order valence-corrected chi connectivity index (χ2v) is 6.44. The van der Waals surface area contributed by atoms with Gasteiger partial charge in [-0.1, -0.05) is 54.4 Å². The molecule has 1 aromatic heterocycles. The van der Waals surface area contributed by atoms with Crippen LogP contribution in [0.2, 0.25) is 0 Å². The molecule has 0 bridgehead atoms. The van der Waals surface area contributed by atoms with E-state index in [2.05, 4.69) is 34.7 Å². The second-order valence-electron chi connectivity index (χ2n) is 6.44. The molecule has 0 saturated heterocycles. The fraction of sp³-hybridized carbons (Fsp3) is 0.300. The third kappa shape index (κ3) is 3.04. The molecule has 4 rings (SSSR count). The summed E-state index contributed by atoms with van der Waals surface area (Å²) in [6.45, 7) is 0.423. The van der Waals surface area contributed by atoms with Gasteiger partial charge in [-0.3, -0.25) is 4.79 Å². The number of amides is 1. The van der Waals surface area contributed by atoms with Crippen LogP contribution in [0.3, 0.4) is 0 Å². The Balaban J connectivity index is 1.46. The number of rotatable bonds is 4. The van der Waals surface area contributed by atoms with Gasteiger partial charge in [-0.2, -0.15) is 0 Å². The van der Waals surface area contributed by atoms with Crippen molar-refractivity contribution in [1.82, 2.24) is 10.5 Å². The van der Waals surface area contributed by atoms with Gasteiger partial charge in [0.25, 0.3) is 0 Å². The molecule has 1 saturated carbocycles. The molecule has 1 amide bonds. The lowest BCUT2D eigenvalue weighted by atomic mass is 10.1. The molecule has 1 fully saturated rings. The summed E-state index contributed by atoms with van der Waals surface area (Å²) in [6.07, 6.45) is 4.34. The molecule has 0 aliphatic heterocycles. The fourth-order valence-corrected chi connectivity index (χ4v) is 3.38. The van der Waals surface area contributed by atoms with E-state index in [4.69, 9.17) is 4.52 Å². The Kier molecular flexibility index (Phi) is 4.03. The van der Waals surface area contributed by atoms with Gasteiger partial charge in [0, 0.05) is 17.5 Å². The molecule has 0 radical (unpaired) electrons. The monoisotopic (exact) mass is 320 g/mol. The van der Waals surface area contributed by atoms with Crippen molar-refractivity contribution >= 4 is 16.7 Å². The van der Waals surface area contributed by atoms with Gasteiger partial charge in [0.05, 0.1) is 6.54 Å². The van der Waals surface area contributed by atoms with Gasteiger partial charge >= 0.3 is 0 Å². The summed E-state index contributed by atoms with van der Waals surface area (Å²) in [6, 6.07) is 16.3. The maximum Gasteiger partial charge on any atom is 0.223 e. The van der Waals surface area contributed by atoms with Crippen molar-refractivity contribution in [3.8, 4) is 11.3 Å². The molecule has 2 aromatic carbocycles. The Labute approximate surface area is 140 Å². The van der Waals surface area contributed by atoms with E-state index in [9.17, 15) is 4.79 Å². The first-order valence-electron chi connectivity index (χ1n) is 8.52. The van der Waals surface area contributed by atoms with E-state index in [-0.39, 0.29) is 11.8 Å². The highest BCUT2D eigenvalue weighted by molar-refractivity contribution is 5.86. The summed E-state index contributed by atoms with van der Waals surface area (Å²) in [4.78, 5) is 12.1. The van der Waals surface area contributed by atoms with Crippen LogP contribution in [0.1, 0.15) is 31.4 Å². The maximum absolute atomic E-state index is 12.1. The highest BCUT2D eigenvalue weighted by Crippen LogP contribution is 2.26. The van der Waals surface area contributed by atoms with Gasteiger partial charge in [-0.05, 0) is 29.7 Å². The number of aromatic nitrogens is 1. The molecule has 1 heterocycles. The average molecular weight is 320 g/mol. The number of nitrogens with zero attached hydrogens (tertiary/aromatic N) is 1. The van der Waals surface area contributed by atoms with Crippen LogP contribution >= 0.6 is 0 Å². The first-order valence-corrected chi connectivity index (χ1v) is 8.52. The summed E-state index contributed by atoms with van der Waals surface area (Å²) in [5.74, 6) is 1.05. The van der Waals surface area contributed by atoms with Crippen molar-refractivity contribution in [2.24, 2.45) is 5.92 Å². The number of hydrogen-bond acceptors (Lipinski definition) is 3. The van der Waals surface area contributed by atoms with Crippen LogP contribution in [-0.2, 0) is 11.3 Å². The topological polar surface area (TPSA) is 55.1 Å². The van der Waals surface area contributed by atoms with Crippen molar-refractivity contribution in [2.75, 3.05) is 0 Å². The van der Waals surface area contributed by atoms with Crippen molar-refractivity contribution in [2.45, 2.75) is 32.2 Å². The second kappa shape index (κ2) is 6.48. The van der Waals surface area contributed by atoms with E-state index < -0.39 is 0 Å².